The second kappa shape index (κ2) is 4.24. The second-order valence-electron chi connectivity index (χ2n) is 4.20. The fourth-order valence-corrected chi connectivity index (χ4v) is 1.87. The maximum atomic E-state index is 13.5. The van der Waals surface area contributed by atoms with Crippen LogP contribution >= 0.6 is 0 Å². The quantitative estimate of drug-likeness (QED) is 0.691. The molecule has 0 fully saturated rings. The standard InChI is InChI=1S/C13H11FN4O/c1-7-8(14)3-2-4-10(7)16-11-6-5-9(15)12-13(11)18-19-17-12/h2-6,16H,15H2,1H3. The summed E-state index contributed by atoms with van der Waals surface area (Å²) in [4.78, 5) is 0. The minimum atomic E-state index is -0.269. The van der Waals surface area contributed by atoms with E-state index in [1.165, 1.54) is 6.07 Å². The van der Waals surface area contributed by atoms with E-state index >= 15 is 0 Å². The van der Waals surface area contributed by atoms with Gasteiger partial charge < -0.3 is 11.1 Å². The Morgan fingerprint density at radius 2 is 1.89 bits per heavy atom. The van der Waals surface area contributed by atoms with E-state index in [4.69, 9.17) is 5.73 Å². The molecule has 2 aromatic carbocycles. The molecule has 3 N–H and O–H groups in total. The van der Waals surface area contributed by atoms with Gasteiger partial charge in [-0.1, -0.05) is 6.07 Å². The van der Waals surface area contributed by atoms with Gasteiger partial charge in [0.25, 0.3) is 0 Å². The number of nitrogens with zero attached hydrogens (tertiary/aromatic N) is 2. The van der Waals surface area contributed by atoms with Crippen molar-refractivity contribution in [3.05, 3.63) is 41.7 Å². The van der Waals surface area contributed by atoms with E-state index < -0.39 is 0 Å². The van der Waals surface area contributed by atoms with Gasteiger partial charge >= 0.3 is 0 Å². The highest BCUT2D eigenvalue weighted by Crippen LogP contribution is 2.29. The molecule has 0 bridgehead atoms. The summed E-state index contributed by atoms with van der Waals surface area (Å²) in [6, 6.07) is 8.29. The lowest BCUT2D eigenvalue weighted by atomic mass is 10.1. The molecule has 3 aromatic rings. The van der Waals surface area contributed by atoms with Crippen LogP contribution in [-0.2, 0) is 0 Å². The van der Waals surface area contributed by atoms with E-state index in [9.17, 15) is 4.39 Å². The summed E-state index contributed by atoms with van der Waals surface area (Å²) in [5, 5.41) is 10.7. The molecule has 19 heavy (non-hydrogen) atoms. The van der Waals surface area contributed by atoms with Crippen molar-refractivity contribution >= 4 is 28.1 Å². The summed E-state index contributed by atoms with van der Waals surface area (Å²) >= 11 is 0. The average molecular weight is 258 g/mol. The highest BCUT2D eigenvalue weighted by atomic mass is 19.1. The number of aromatic nitrogens is 2. The zero-order valence-corrected chi connectivity index (χ0v) is 10.1. The molecule has 5 nitrogen and oxygen atoms in total. The Morgan fingerprint density at radius 3 is 2.74 bits per heavy atom. The number of benzene rings is 2. The molecule has 0 radical (unpaired) electrons. The van der Waals surface area contributed by atoms with Crippen molar-refractivity contribution in [2.75, 3.05) is 11.1 Å². The van der Waals surface area contributed by atoms with Gasteiger partial charge in [0.15, 0.2) is 11.0 Å². The molecule has 0 spiro atoms. The molecule has 1 heterocycles. The summed E-state index contributed by atoms with van der Waals surface area (Å²) in [7, 11) is 0. The van der Waals surface area contributed by atoms with Gasteiger partial charge in [0.1, 0.15) is 5.82 Å². The van der Waals surface area contributed by atoms with Gasteiger partial charge in [0.2, 0.25) is 0 Å². The molecule has 0 amide bonds. The van der Waals surface area contributed by atoms with Gasteiger partial charge in [0.05, 0.1) is 11.4 Å². The molecule has 0 aliphatic carbocycles. The number of nitrogen functional groups attached to an aromatic ring is 1. The number of nitrogens with one attached hydrogen (secondary N) is 1. The first-order valence-corrected chi connectivity index (χ1v) is 5.69. The van der Waals surface area contributed by atoms with E-state index in [2.05, 4.69) is 20.3 Å². The van der Waals surface area contributed by atoms with Crippen molar-refractivity contribution in [1.29, 1.82) is 0 Å². The number of halogens is 1. The lowest BCUT2D eigenvalue weighted by Crippen LogP contribution is -1.97. The summed E-state index contributed by atoms with van der Waals surface area (Å²) in [5.41, 5.74) is 9.11. The van der Waals surface area contributed by atoms with Crippen LogP contribution in [0, 0.1) is 12.7 Å². The normalized spacial score (nSPS) is 10.8. The first-order valence-electron chi connectivity index (χ1n) is 5.69. The van der Waals surface area contributed by atoms with E-state index in [1.54, 1.807) is 31.2 Å². The first-order chi connectivity index (χ1) is 9.16. The number of hydrogen-bond acceptors (Lipinski definition) is 5. The van der Waals surface area contributed by atoms with Gasteiger partial charge in [0, 0.05) is 11.3 Å². The van der Waals surface area contributed by atoms with Crippen molar-refractivity contribution in [2.45, 2.75) is 6.92 Å². The predicted octanol–water partition coefficient (Wildman–Crippen LogP) is 3.00. The molecule has 6 heteroatoms. The number of anilines is 3. The Kier molecular flexibility index (Phi) is 2.56. The Labute approximate surface area is 108 Å². The summed E-state index contributed by atoms with van der Waals surface area (Å²) < 4.78 is 18.2. The van der Waals surface area contributed by atoms with E-state index in [0.29, 0.717) is 33.7 Å². The first kappa shape index (κ1) is 11.5. The lowest BCUT2D eigenvalue weighted by molar-refractivity contribution is 0.316. The SMILES string of the molecule is Cc1c(F)cccc1Nc1ccc(N)c2nonc12. The van der Waals surface area contributed by atoms with Crippen LogP contribution in [0.1, 0.15) is 5.56 Å². The zero-order valence-electron chi connectivity index (χ0n) is 10.1. The van der Waals surface area contributed by atoms with Crippen LogP contribution in [0.15, 0.2) is 35.0 Å². The average Bonchev–Trinajstić information content (AvgIpc) is 2.88. The zero-order chi connectivity index (χ0) is 13.4. The Hall–Kier alpha value is -2.63. The van der Waals surface area contributed by atoms with Crippen LogP contribution in [-0.4, -0.2) is 10.3 Å². The van der Waals surface area contributed by atoms with Crippen LogP contribution in [0.2, 0.25) is 0 Å². The Balaban J connectivity index is 2.09. The smallest absolute Gasteiger partial charge is 0.160 e. The lowest BCUT2D eigenvalue weighted by Gasteiger charge is -2.10. The van der Waals surface area contributed by atoms with Crippen molar-refractivity contribution < 1.29 is 9.02 Å². The predicted molar refractivity (Wildman–Crippen MR) is 70.6 cm³/mol. The minimum Gasteiger partial charge on any atom is -0.397 e. The van der Waals surface area contributed by atoms with Crippen LogP contribution in [0.3, 0.4) is 0 Å². The Morgan fingerprint density at radius 1 is 1.11 bits per heavy atom. The van der Waals surface area contributed by atoms with E-state index in [1.807, 2.05) is 0 Å². The molecule has 96 valence electrons. The number of fused-ring (bicyclic) bond motifs is 1. The van der Waals surface area contributed by atoms with Crippen LogP contribution in [0.4, 0.5) is 21.5 Å². The third kappa shape index (κ3) is 1.87. The molecule has 0 saturated heterocycles. The molecule has 0 aliphatic heterocycles. The van der Waals surface area contributed by atoms with Crippen molar-refractivity contribution in [3.63, 3.8) is 0 Å². The molecule has 0 saturated carbocycles. The largest absolute Gasteiger partial charge is 0.397 e. The molecule has 3 rings (SSSR count). The molecular weight excluding hydrogens is 247 g/mol. The topological polar surface area (TPSA) is 77.0 Å². The number of rotatable bonds is 2. The fraction of sp³-hybridized carbons (Fsp3) is 0.0769. The number of nitrogens with two attached hydrogens (primary N) is 1. The van der Waals surface area contributed by atoms with Crippen LogP contribution in [0.5, 0.6) is 0 Å². The van der Waals surface area contributed by atoms with Gasteiger partial charge in [-0.05, 0) is 41.5 Å². The van der Waals surface area contributed by atoms with Crippen LogP contribution in [0.25, 0.3) is 11.0 Å². The maximum absolute atomic E-state index is 13.5. The third-order valence-corrected chi connectivity index (χ3v) is 2.98. The highest BCUT2D eigenvalue weighted by Gasteiger charge is 2.11. The molecule has 1 aromatic heterocycles. The minimum absolute atomic E-state index is 0.269. The van der Waals surface area contributed by atoms with Gasteiger partial charge in [-0.3, -0.25) is 0 Å². The summed E-state index contributed by atoms with van der Waals surface area (Å²) in [6.45, 7) is 1.70. The second-order valence-corrected chi connectivity index (χ2v) is 4.20. The fourth-order valence-electron chi connectivity index (χ4n) is 1.87. The van der Waals surface area contributed by atoms with Crippen molar-refractivity contribution in [2.24, 2.45) is 0 Å². The van der Waals surface area contributed by atoms with Crippen molar-refractivity contribution in [1.82, 2.24) is 10.3 Å². The maximum Gasteiger partial charge on any atom is 0.160 e. The molecule has 0 atom stereocenters. The van der Waals surface area contributed by atoms with Crippen LogP contribution < -0.4 is 11.1 Å². The summed E-state index contributed by atoms with van der Waals surface area (Å²) in [5.74, 6) is -0.269. The monoisotopic (exact) mass is 258 g/mol. The van der Waals surface area contributed by atoms with Gasteiger partial charge in [-0.2, -0.15) is 0 Å². The molecular formula is C13H11FN4O. The van der Waals surface area contributed by atoms with Gasteiger partial charge in [-0.15, -0.1) is 0 Å². The third-order valence-electron chi connectivity index (χ3n) is 2.98. The molecule has 0 aliphatic rings. The van der Waals surface area contributed by atoms with E-state index in [0.717, 1.165) is 0 Å². The molecule has 0 unspecified atom stereocenters. The van der Waals surface area contributed by atoms with Crippen molar-refractivity contribution in [3.8, 4) is 0 Å². The number of hydrogen-bond donors (Lipinski definition) is 2. The summed E-state index contributed by atoms with van der Waals surface area (Å²) in [6.07, 6.45) is 0. The highest BCUT2D eigenvalue weighted by molar-refractivity contribution is 5.96. The van der Waals surface area contributed by atoms with Gasteiger partial charge in [-0.25, -0.2) is 9.02 Å². The Bertz CT molecular complexity index is 753. The van der Waals surface area contributed by atoms with E-state index in [-0.39, 0.29) is 5.82 Å².